The van der Waals surface area contributed by atoms with Crippen LogP contribution in [0.3, 0.4) is 0 Å². The van der Waals surface area contributed by atoms with E-state index in [9.17, 15) is 21.6 Å². The van der Waals surface area contributed by atoms with Crippen LogP contribution in [0.15, 0.2) is 41.4 Å². The van der Waals surface area contributed by atoms with Crippen LogP contribution in [0.2, 0.25) is 0 Å². The minimum atomic E-state index is -4.43. The van der Waals surface area contributed by atoms with Gasteiger partial charge < -0.3 is 4.90 Å². The molecular weight excluding hydrogens is 379 g/mol. The first-order valence-electron chi connectivity index (χ1n) is 8.44. The summed E-state index contributed by atoms with van der Waals surface area (Å²) in [6.07, 6.45) is -3.63. The summed E-state index contributed by atoms with van der Waals surface area (Å²) in [6, 6.07) is 7.34. The van der Waals surface area contributed by atoms with E-state index in [2.05, 4.69) is 4.98 Å². The number of aryl methyl sites for hydroxylation is 2. The third-order valence-corrected chi connectivity index (χ3v) is 6.65. The highest BCUT2D eigenvalue weighted by Crippen LogP contribution is 2.29. The van der Waals surface area contributed by atoms with Crippen LogP contribution in [-0.2, 0) is 16.2 Å². The lowest BCUT2D eigenvalue weighted by atomic mass is 10.1. The molecule has 1 saturated heterocycles. The smallest absolute Gasteiger partial charge is 0.354 e. The summed E-state index contributed by atoms with van der Waals surface area (Å²) in [5, 5.41) is 0. The molecule has 1 fully saturated rings. The molecule has 0 spiro atoms. The molecule has 27 heavy (non-hydrogen) atoms. The fourth-order valence-electron chi connectivity index (χ4n) is 2.92. The number of anilines is 1. The quantitative estimate of drug-likeness (QED) is 0.795. The molecule has 0 unspecified atom stereocenters. The molecule has 1 aliphatic heterocycles. The molecule has 2 aromatic rings. The Hall–Kier alpha value is -2.13. The number of rotatable bonds is 3. The summed E-state index contributed by atoms with van der Waals surface area (Å²) < 4.78 is 64.9. The van der Waals surface area contributed by atoms with Crippen LogP contribution < -0.4 is 4.90 Å². The van der Waals surface area contributed by atoms with Crippen LogP contribution >= 0.6 is 0 Å². The predicted molar refractivity (Wildman–Crippen MR) is 96.1 cm³/mol. The first-order valence-corrected chi connectivity index (χ1v) is 9.88. The van der Waals surface area contributed by atoms with E-state index in [0.29, 0.717) is 18.9 Å². The average molecular weight is 399 g/mol. The van der Waals surface area contributed by atoms with Gasteiger partial charge in [-0.15, -0.1) is 0 Å². The van der Waals surface area contributed by atoms with Crippen molar-refractivity contribution in [2.45, 2.75) is 24.9 Å². The van der Waals surface area contributed by atoms with E-state index < -0.39 is 21.8 Å². The van der Waals surface area contributed by atoms with Gasteiger partial charge in [-0.1, -0.05) is 6.07 Å². The van der Waals surface area contributed by atoms with Gasteiger partial charge in [-0.2, -0.15) is 17.5 Å². The number of hydrogen-bond donors (Lipinski definition) is 0. The largest absolute Gasteiger partial charge is 0.417 e. The number of aromatic nitrogens is 1. The zero-order chi connectivity index (χ0) is 19.8. The predicted octanol–water partition coefficient (Wildman–Crippen LogP) is 3.23. The molecule has 1 aromatic heterocycles. The maximum Gasteiger partial charge on any atom is 0.417 e. The van der Waals surface area contributed by atoms with Crippen LogP contribution in [0.5, 0.6) is 0 Å². The number of alkyl halides is 3. The van der Waals surface area contributed by atoms with Gasteiger partial charge >= 0.3 is 6.18 Å². The average Bonchev–Trinajstić information content (AvgIpc) is 2.63. The number of halogens is 3. The fourth-order valence-corrected chi connectivity index (χ4v) is 4.43. The lowest BCUT2D eigenvalue weighted by Gasteiger charge is -2.34. The third kappa shape index (κ3) is 4.08. The second-order valence-electron chi connectivity index (χ2n) is 6.54. The first-order chi connectivity index (χ1) is 12.6. The molecule has 3 rings (SSSR count). The van der Waals surface area contributed by atoms with E-state index in [1.165, 1.54) is 10.4 Å². The zero-order valence-electron chi connectivity index (χ0n) is 15.0. The Balaban J connectivity index is 1.70. The fraction of sp³-hybridized carbons (Fsp3) is 0.389. The second-order valence-corrected chi connectivity index (χ2v) is 8.48. The van der Waals surface area contributed by atoms with Crippen molar-refractivity contribution in [3.8, 4) is 0 Å². The molecule has 0 radical (unpaired) electrons. The molecule has 0 atom stereocenters. The van der Waals surface area contributed by atoms with E-state index in [-0.39, 0.29) is 18.0 Å². The van der Waals surface area contributed by atoms with Crippen molar-refractivity contribution in [2.75, 3.05) is 31.1 Å². The minimum absolute atomic E-state index is 0.248. The molecule has 0 aliphatic carbocycles. The van der Waals surface area contributed by atoms with Crippen LogP contribution in [-0.4, -0.2) is 43.9 Å². The first kappa shape index (κ1) is 19.6. The van der Waals surface area contributed by atoms with E-state index >= 15 is 0 Å². The van der Waals surface area contributed by atoms with E-state index in [0.717, 1.165) is 23.4 Å². The third-order valence-electron chi connectivity index (χ3n) is 4.75. The number of hydrogen-bond acceptors (Lipinski definition) is 4. The van der Waals surface area contributed by atoms with Gasteiger partial charge in [0.2, 0.25) is 10.0 Å². The molecule has 2 heterocycles. The summed E-state index contributed by atoms with van der Waals surface area (Å²) in [5.74, 6) is 0.409. The molecule has 5 nitrogen and oxygen atoms in total. The van der Waals surface area contributed by atoms with Gasteiger partial charge in [0, 0.05) is 32.4 Å². The Morgan fingerprint density at radius 3 is 2.15 bits per heavy atom. The SMILES string of the molecule is Cc1ccc(S(=O)(=O)N2CCN(c3ccc(C(F)(F)F)cn3)CC2)cc1C. The normalized spacial score (nSPS) is 16.6. The number of piperazine rings is 1. The summed E-state index contributed by atoms with van der Waals surface area (Å²) in [7, 11) is -3.60. The molecule has 9 heteroatoms. The van der Waals surface area contributed by atoms with Gasteiger partial charge in [-0.25, -0.2) is 13.4 Å². The monoisotopic (exact) mass is 399 g/mol. The molecule has 0 amide bonds. The summed E-state index contributed by atoms with van der Waals surface area (Å²) in [4.78, 5) is 5.91. The zero-order valence-corrected chi connectivity index (χ0v) is 15.8. The molecule has 0 saturated carbocycles. The number of benzene rings is 1. The van der Waals surface area contributed by atoms with Gasteiger partial charge in [-0.3, -0.25) is 0 Å². The van der Waals surface area contributed by atoms with Crippen LogP contribution in [0, 0.1) is 13.8 Å². The molecule has 1 aliphatic rings. The van der Waals surface area contributed by atoms with Gasteiger partial charge in [0.15, 0.2) is 0 Å². The van der Waals surface area contributed by atoms with Crippen LogP contribution in [0.25, 0.3) is 0 Å². The second kappa shape index (κ2) is 7.12. The maximum absolute atomic E-state index is 12.8. The lowest BCUT2D eigenvalue weighted by molar-refractivity contribution is -0.137. The topological polar surface area (TPSA) is 53.5 Å². The Bertz CT molecular complexity index is 920. The Kier molecular flexibility index (Phi) is 5.18. The number of nitrogens with zero attached hydrogens (tertiary/aromatic N) is 3. The molecule has 1 aromatic carbocycles. The van der Waals surface area contributed by atoms with Crippen molar-refractivity contribution in [3.05, 3.63) is 53.2 Å². The Labute approximate surface area is 156 Å². The molecule has 0 N–H and O–H groups in total. The minimum Gasteiger partial charge on any atom is -0.354 e. The number of pyridine rings is 1. The van der Waals surface area contributed by atoms with Gasteiger partial charge in [-0.05, 0) is 49.2 Å². The Morgan fingerprint density at radius 1 is 0.963 bits per heavy atom. The van der Waals surface area contributed by atoms with Crippen molar-refractivity contribution < 1.29 is 21.6 Å². The highest BCUT2D eigenvalue weighted by atomic mass is 32.2. The standard InChI is InChI=1S/C18H20F3N3O2S/c1-13-3-5-16(11-14(13)2)27(25,26)24-9-7-23(8-10-24)17-6-4-15(12-22-17)18(19,20)21/h3-6,11-12H,7-10H2,1-2H3. The maximum atomic E-state index is 12.8. The van der Waals surface area contributed by atoms with Gasteiger partial charge in [0.25, 0.3) is 0 Å². The van der Waals surface area contributed by atoms with Crippen LogP contribution in [0.1, 0.15) is 16.7 Å². The highest BCUT2D eigenvalue weighted by Gasteiger charge is 2.32. The van der Waals surface area contributed by atoms with Crippen LogP contribution in [0.4, 0.5) is 19.0 Å². The van der Waals surface area contributed by atoms with Crippen molar-refractivity contribution >= 4 is 15.8 Å². The Morgan fingerprint density at radius 2 is 1.63 bits per heavy atom. The lowest BCUT2D eigenvalue weighted by Crippen LogP contribution is -2.48. The van der Waals surface area contributed by atoms with E-state index in [1.54, 1.807) is 23.1 Å². The molecule has 0 bridgehead atoms. The summed E-state index contributed by atoms with van der Waals surface area (Å²) >= 11 is 0. The van der Waals surface area contributed by atoms with Crippen molar-refractivity contribution in [1.82, 2.24) is 9.29 Å². The van der Waals surface area contributed by atoms with Gasteiger partial charge in [0.05, 0.1) is 10.5 Å². The van der Waals surface area contributed by atoms with Crippen molar-refractivity contribution in [1.29, 1.82) is 0 Å². The van der Waals surface area contributed by atoms with E-state index in [1.807, 2.05) is 13.8 Å². The van der Waals surface area contributed by atoms with Crippen molar-refractivity contribution in [2.24, 2.45) is 0 Å². The number of sulfonamides is 1. The van der Waals surface area contributed by atoms with E-state index in [4.69, 9.17) is 0 Å². The highest BCUT2D eigenvalue weighted by molar-refractivity contribution is 7.89. The summed E-state index contributed by atoms with van der Waals surface area (Å²) in [5.41, 5.74) is 1.12. The molecule has 146 valence electrons. The summed E-state index contributed by atoms with van der Waals surface area (Å²) in [6.45, 7) is 5.00. The molecular formula is C18H20F3N3O2S. The van der Waals surface area contributed by atoms with Gasteiger partial charge in [0.1, 0.15) is 5.82 Å². The van der Waals surface area contributed by atoms with Crippen molar-refractivity contribution in [3.63, 3.8) is 0 Å².